The topological polar surface area (TPSA) is 38.5 Å². The van der Waals surface area contributed by atoms with E-state index in [1.165, 1.54) is 6.07 Å². The highest BCUT2D eigenvalue weighted by molar-refractivity contribution is 7.80. The maximum atomic E-state index is 14.0. The molecule has 1 aromatic carbocycles. The van der Waals surface area contributed by atoms with Crippen LogP contribution in [0.3, 0.4) is 0 Å². The third-order valence-corrected chi connectivity index (χ3v) is 3.14. The van der Waals surface area contributed by atoms with Gasteiger partial charge in [-0.05, 0) is 25.1 Å². The first-order chi connectivity index (χ1) is 8.09. The minimum absolute atomic E-state index is 0.175. The van der Waals surface area contributed by atoms with Crippen molar-refractivity contribution in [2.24, 2.45) is 5.73 Å². The maximum Gasteiger partial charge on any atom is 0.147 e. The van der Waals surface area contributed by atoms with E-state index in [-0.39, 0.29) is 16.8 Å². The van der Waals surface area contributed by atoms with Crippen LogP contribution in [0.25, 0.3) is 0 Å². The van der Waals surface area contributed by atoms with Crippen LogP contribution in [-0.4, -0.2) is 30.8 Å². The molecule has 1 saturated heterocycles. The van der Waals surface area contributed by atoms with E-state index in [9.17, 15) is 4.39 Å². The highest BCUT2D eigenvalue weighted by Crippen LogP contribution is 2.24. The van der Waals surface area contributed by atoms with Crippen molar-refractivity contribution in [1.82, 2.24) is 0 Å². The van der Waals surface area contributed by atoms with Crippen molar-refractivity contribution >= 4 is 22.9 Å². The zero-order valence-corrected chi connectivity index (χ0v) is 10.5. The zero-order valence-electron chi connectivity index (χ0n) is 9.65. The van der Waals surface area contributed by atoms with E-state index in [2.05, 4.69) is 0 Å². The molecular formula is C12H15FN2OS. The van der Waals surface area contributed by atoms with E-state index in [4.69, 9.17) is 22.7 Å². The van der Waals surface area contributed by atoms with Gasteiger partial charge in [0.15, 0.2) is 0 Å². The number of nitrogens with two attached hydrogens (primary N) is 1. The molecule has 0 aliphatic carbocycles. The van der Waals surface area contributed by atoms with Gasteiger partial charge in [-0.2, -0.15) is 0 Å². The van der Waals surface area contributed by atoms with Crippen LogP contribution in [0.5, 0.6) is 0 Å². The molecule has 92 valence electrons. The van der Waals surface area contributed by atoms with Gasteiger partial charge >= 0.3 is 0 Å². The maximum absolute atomic E-state index is 14.0. The van der Waals surface area contributed by atoms with Gasteiger partial charge < -0.3 is 15.4 Å². The lowest BCUT2D eigenvalue weighted by atomic mass is 10.1. The fourth-order valence-corrected chi connectivity index (χ4v) is 2.11. The molecule has 0 bridgehead atoms. The van der Waals surface area contributed by atoms with E-state index in [1.807, 2.05) is 11.8 Å². The van der Waals surface area contributed by atoms with Crippen molar-refractivity contribution in [1.29, 1.82) is 0 Å². The van der Waals surface area contributed by atoms with Gasteiger partial charge in [0.05, 0.1) is 18.9 Å². The molecule has 0 amide bonds. The SMILES string of the molecule is CC1COCCN1c1ccc(C(N)=S)cc1F. The number of morpholine rings is 1. The first kappa shape index (κ1) is 12.3. The van der Waals surface area contributed by atoms with Gasteiger partial charge in [-0.1, -0.05) is 12.2 Å². The van der Waals surface area contributed by atoms with E-state index < -0.39 is 0 Å². The van der Waals surface area contributed by atoms with Crippen molar-refractivity contribution in [2.75, 3.05) is 24.7 Å². The molecule has 1 unspecified atom stereocenters. The van der Waals surface area contributed by atoms with Crippen molar-refractivity contribution in [3.8, 4) is 0 Å². The predicted molar refractivity (Wildman–Crippen MR) is 69.9 cm³/mol. The molecule has 17 heavy (non-hydrogen) atoms. The Morgan fingerprint density at radius 2 is 2.35 bits per heavy atom. The molecule has 1 atom stereocenters. The summed E-state index contributed by atoms with van der Waals surface area (Å²) in [5, 5.41) is 0. The van der Waals surface area contributed by atoms with Crippen LogP contribution in [0.2, 0.25) is 0 Å². The van der Waals surface area contributed by atoms with Gasteiger partial charge in [-0.3, -0.25) is 0 Å². The Labute approximate surface area is 105 Å². The first-order valence-electron chi connectivity index (χ1n) is 5.53. The minimum Gasteiger partial charge on any atom is -0.389 e. The number of thiocarbonyl (C=S) groups is 1. The molecule has 1 fully saturated rings. The summed E-state index contributed by atoms with van der Waals surface area (Å²) in [6, 6.07) is 5.04. The molecule has 0 aromatic heterocycles. The number of anilines is 1. The number of rotatable bonds is 2. The molecule has 1 aliphatic heterocycles. The summed E-state index contributed by atoms with van der Waals surface area (Å²) >= 11 is 4.82. The summed E-state index contributed by atoms with van der Waals surface area (Å²) < 4.78 is 19.3. The second kappa shape index (κ2) is 4.98. The number of ether oxygens (including phenoxy) is 1. The van der Waals surface area contributed by atoms with Crippen LogP contribution >= 0.6 is 12.2 Å². The largest absolute Gasteiger partial charge is 0.389 e. The normalized spacial score (nSPS) is 20.4. The molecule has 1 heterocycles. The van der Waals surface area contributed by atoms with Gasteiger partial charge in [-0.15, -0.1) is 0 Å². The molecular weight excluding hydrogens is 239 g/mol. The molecule has 0 spiro atoms. The summed E-state index contributed by atoms with van der Waals surface area (Å²) in [5.74, 6) is -0.288. The van der Waals surface area contributed by atoms with E-state index in [0.717, 1.165) is 0 Å². The fourth-order valence-electron chi connectivity index (χ4n) is 1.98. The Morgan fingerprint density at radius 3 is 2.94 bits per heavy atom. The van der Waals surface area contributed by atoms with Crippen LogP contribution < -0.4 is 10.6 Å². The van der Waals surface area contributed by atoms with Crippen LogP contribution in [0.15, 0.2) is 18.2 Å². The molecule has 1 aliphatic rings. The summed E-state index contributed by atoms with van der Waals surface area (Å²) in [5.41, 5.74) is 6.61. The third kappa shape index (κ3) is 2.56. The summed E-state index contributed by atoms with van der Waals surface area (Å²) in [7, 11) is 0. The van der Waals surface area contributed by atoms with Crippen molar-refractivity contribution in [3.63, 3.8) is 0 Å². The van der Waals surface area contributed by atoms with Crippen LogP contribution in [0, 0.1) is 5.82 Å². The van der Waals surface area contributed by atoms with Crippen LogP contribution in [0.1, 0.15) is 12.5 Å². The number of hydrogen-bond donors (Lipinski definition) is 1. The lowest BCUT2D eigenvalue weighted by molar-refractivity contribution is 0.0986. The number of nitrogens with zero attached hydrogens (tertiary/aromatic N) is 1. The number of halogens is 1. The highest BCUT2D eigenvalue weighted by Gasteiger charge is 2.21. The van der Waals surface area contributed by atoms with Gasteiger partial charge in [0.1, 0.15) is 10.8 Å². The summed E-state index contributed by atoms with van der Waals surface area (Å²) in [6.45, 7) is 3.96. The second-order valence-electron chi connectivity index (χ2n) is 4.15. The second-order valence-corrected chi connectivity index (χ2v) is 4.59. The Morgan fingerprint density at radius 1 is 1.59 bits per heavy atom. The molecule has 1 aromatic rings. The Balaban J connectivity index is 2.29. The van der Waals surface area contributed by atoms with E-state index in [1.54, 1.807) is 12.1 Å². The predicted octanol–water partition coefficient (Wildman–Crippen LogP) is 1.69. The standard InChI is InChI=1S/C12H15FN2OS/c1-8-7-16-5-4-15(8)11-3-2-9(12(14)17)6-10(11)13/h2-3,6,8H,4-5,7H2,1H3,(H2,14,17). The quantitative estimate of drug-likeness (QED) is 0.815. The average Bonchev–Trinajstić information content (AvgIpc) is 2.30. The molecule has 0 saturated carbocycles. The first-order valence-corrected chi connectivity index (χ1v) is 5.94. The number of benzene rings is 1. The molecule has 3 nitrogen and oxygen atoms in total. The number of hydrogen-bond acceptors (Lipinski definition) is 3. The van der Waals surface area contributed by atoms with E-state index in [0.29, 0.717) is 31.0 Å². The smallest absolute Gasteiger partial charge is 0.147 e. The molecule has 0 radical (unpaired) electrons. The van der Waals surface area contributed by atoms with Crippen molar-refractivity contribution in [3.05, 3.63) is 29.6 Å². The monoisotopic (exact) mass is 254 g/mol. The van der Waals surface area contributed by atoms with Gasteiger partial charge in [-0.25, -0.2) is 4.39 Å². The lowest BCUT2D eigenvalue weighted by Gasteiger charge is -2.35. The van der Waals surface area contributed by atoms with E-state index >= 15 is 0 Å². The zero-order chi connectivity index (χ0) is 12.4. The molecule has 5 heteroatoms. The Bertz CT molecular complexity index is 439. The van der Waals surface area contributed by atoms with Gasteiger partial charge in [0.2, 0.25) is 0 Å². The van der Waals surface area contributed by atoms with Gasteiger partial charge in [0.25, 0.3) is 0 Å². The Hall–Kier alpha value is -1.20. The van der Waals surface area contributed by atoms with Gasteiger partial charge in [0, 0.05) is 18.2 Å². The molecule has 2 N–H and O–H groups in total. The molecule has 2 rings (SSSR count). The Kier molecular flexibility index (Phi) is 3.59. The lowest BCUT2D eigenvalue weighted by Crippen LogP contribution is -2.44. The van der Waals surface area contributed by atoms with Crippen LogP contribution in [0.4, 0.5) is 10.1 Å². The summed E-state index contributed by atoms with van der Waals surface area (Å²) in [4.78, 5) is 2.22. The minimum atomic E-state index is -0.288. The summed E-state index contributed by atoms with van der Waals surface area (Å²) in [6.07, 6.45) is 0. The van der Waals surface area contributed by atoms with Crippen molar-refractivity contribution in [2.45, 2.75) is 13.0 Å². The fraction of sp³-hybridized carbons (Fsp3) is 0.417. The average molecular weight is 254 g/mol. The van der Waals surface area contributed by atoms with Crippen molar-refractivity contribution < 1.29 is 9.13 Å². The highest BCUT2D eigenvalue weighted by atomic mass is 32.1. The third-order valence-electron chi connectivity index (χ3n) is 2.91. The van der Waals surface area contributed by atoms with Crippen LogP contribution in [-0.2, 0) is 4.74 Å².